The number of carbonyl (C=O) groups is 1. The summed E-state index contributed by atoms with van der Waals surface area (Å²) in [5.74, 6) is -0.666. The van der Waals surface area contributed by atoms with E-state index in [1.807, 2.05) is 36.4 Å². The number of nitriles is 1. The monoisotopic (exact) mass is 311 g/mol. The number of hydrogen-bond donors (Lipinski definition) is 0. The van der Waals surface area contributed by atoms with Crippen LogP contribution in [0.25, 0.3) is 6.08 Å². The quantitative estimate of drug-likeness (QED) is 0.338. The Bertz CT molecular complexity index is 714. The summed E-state index contributed by atoms with van der Waals surface area (Å²) < 4.78 is 11.5. The third-order valence-electron chi connectivity index (χ3n) is 3.01. The number of hydrogen-bond acceptors (Lipinski definition) is 5. The number of methoxy groups -OCH3 is 1. The molecule has 0 atom stereocenters. The number of ether oxygens (including phenoxy) is 2. The Morgan fingerprint density at radius 2 is 2.13 bits per heavy atom. The number of carbonyl (C=O) groups excluding carboxylic acids is 1. The minimum absolute atomic E-state index is 0.0691. The first-order valence-corrected chi connectivity index (χ1v) is 7.07. The predicted molar refractivity (Wildman–Crippen MR) is 84.2 cm³/mol. The minimum atomic E-state index is -0.666. The molecule has 0 bridgehead atoms. The third-order valence-corrected chi connectivity index (χ3v) is 3.01. The van der Waals surface area contributed by atoms with Gasteiger partial charge in [0, 0.05) is 18.9 Å². The van der Waals surface area contributed by atoms with Crippen LogP contribution in [0.2, 0.25) is 0 Å². The Kier molecular flexibility index (Phi) is 6.09. The molecule has 6 heteroatoms. The van der Waals surface area contributed by atoms with E-state index in [4.69, 9.17) is 14.7 Å². The SMILES string of the molecule is COCCOC(=O)/C(C#N)=C\c1cnn(Cc2ccccc2)c1. The lowest BCUT2D eigenvalue weighted by Gasteiger charge is -2.02. The van der Waals surface area contributed by atoms with Crippen molar-refractivity contribution in [2.75, 3.05) is 20.3 Å². The van der Waals surface area contributed by atoms with Crippen LogP contribution in [-0.4, -0.2) is 36.1 Å². The first-order valence-electron chi connectivity index (χ1n) is 7.07. The summed E-state index contributed by atoms with van der Waals surface area (Å²) in [6.07, 6.45) is 4.83. The second-order valence-corrected chi connectivity index (χ2v) is 4.76. The normalized spacial score (nSPS) is 11.0. The highest BCUT2D eigenvalue weighted by Gasteiger charge is 2.11. The Labute approximate surface area is 134 Å². The lowest BCUT2D eigenvalue weighted by Crippen LogP contribution is -2.11. The molecule has 0 radical (unpaired) electrons. The maximum atomic E-state index is 11.8. The highest BCUT2D eigenvalue weighted by Crippen LogP contribution is 2.09. The van der Waals surface area contributed by atoms with Crippen molar-refractivity contribution in [2.45, 2.75) is 6.54 Å². The lowest BCUT2D eigenvalue weighted by molar-refractivity contribution is -0.139. The molecule has 1 aromatic heterocycles. The van der Waals surface area contributed by atoms with Gasteiger partial charge in [-0.15, -0.1) is 0 Å². The molecule has 2 rings (SSSR count). The molecule has 0 saturated carbocycles. The van der Waals surface area contributed by atoms with E-state index in [0.29, 0.717) is 18.7 Å². The van der Waals surface area contributed by atoms with Crippen molar-refractivity contribution < 1.29 is 14.3 Å². The lowest BCUT2D eigenvalue weighted by atomic mass is 10.2. The zero-order valence-corrected chi connectivity index (χ0v) is 12.8. The Hall–Kier alpha value is -2.91. The zero-order chi connectivity index (χ0) is 16.5. The second kappa shape index (κ2) is 8.51. The van der Waals surface area contributed by atoms with Crippen molar-refractivity contribution in [3.05, 3.63) is 59.4 Å². The van der Waals surface area contributed by atoms with Crippen LogP contribution in [0.1, 0.15) is 11.1 Å². The first-order chi connectivity index (χ1) is 11.2. The van der Waals surface area contributed by atoms with Gasteiger partial charge in [0.25, 0.3) is 0 Å². The summed E-state index contributed by atoms with van der Waals surface area (Å²) in [4.78, 5) is 11.8. The molecule has 0 saturated heterocycles. The van der Waals surface area contributed by atoms with Gasteiger partial charge in [0.1, 0.15) is 18.2 Å². The van der Waals surface area contributed by atoms with Gasteiger partial charge in [-0.1, -0.05) is 30.3 Å². The van der Waals surface area contributed by atoms with Crippen molar-refractivity contribution in [1.29, 1.82) is 5.26 Å². The van der Waals surface area contributed by atoms with E-state index in [0.717, 1.165) is 5.56 Å². The maximum Gasteiger partial charge on any atom is 0.348 e. The fourth-order valence-electron chi connectivity index (χ4n) is 1.91. The van der Waals surface area contributed by atoms with Gasteiger partial charge in [-0.05, 0) is 11.6 Å². The van der Waals surface area contributed by atoms with Crippen LogP contribution in [0.4, 0.5) is 0 Å². The van der Waals surface area contributed by atoms with E-state index in [1.165, 1.54) is 13.2 Å². The fourth-order valence-corrected chi connectivity index (χ4v) is 1.91. The number of aromatic nitrogens is 2. The zero-order valence-electron chi connectivity index (χ0n) is 12.8. The van der Waals surface area contributed by atoms with Crippen LogP contribution < -0.4 is 0 Å². The van der Waals surface area contributed by atoms with Crippen LogP contribution >= 0.6 is 0 Å². The fraction of sp³-hybridized carbons (Fsp3) is 0.235. The number of esters is 1. The van der Waals surface area contributed by atoms with Gasteiger partial charge in [-0.3, -0.25) is 4.68 Å². The van der Waals surface area contributed by atoms with Gasteiger partial charge >= 0.3 is 5.97 Å². The van der Waals surface area contributed by atoms with Gasteiger partial charge in [0.15, 0.2) is 0 Å². The molecule has 1 aromatic carbocycles. The van der Waals surface area contributed by atoms with E-state index in [-0.39, 0.29) is 12.2 Å². The second-order valence-electron chi connectivity index (χ2n) is 4.76. The number of benzene rings is 1. The molecular weight excluding hydrogens is 294 g/mol. The van der Waals surface area contributed by atoms with Crippen molar-refractivity contribution in [3.63, 3.8) is 0 Å². The molecule has 0 aliphatic heterocycles. The topological polar surface area (TPSA) is 77.1 Å². The van der Waals surface area contributed by atoms with E-state index < -0.39 is 5.97 Å². The van der Waals surface area contributed by atoms with Crippen LogP contribution in [0.5, 0.6) is 0 Å². The van der Waals surface area contributed by atoms with Crippen LogP contribution in [0, 0.1) is 11.3 Å². The maximum absolute atomic E-state index is 11.8. The van der Waals surface area contributed by atoms with Crippen molar-refractivity contribution >= 4 is 12.0 Å². The first kappa shape index (κ1) is 16.5. The summed E-state index contributed by atoms with van der Waals surface area (Å²) >= 11 is 0. The number of nitrogens with zero attached hydrogens (tertiary/aromatic N) is 3. The Balaban J connectivity index is 2.03. The van der Waals surface area contributed by atoms with E-state index in [1.54, 1.807) is 17.1 Å². The molecule has 6 nitrogen and oxygen atoms in total. The summed E-state index contributed by atoms with van der Waals surface area (Å²) in [7, 11) is 1.51. The van der Waals surface area contributed by atoms with Gasteiger partial charge in [0.05, 0.1) is 19.3 Å². The highest BCUT2D eigenvalue weighted by atomic mass is 16.6. The molecule has 118 valence electrons. The van der Waals surface area contributed by atoms with Gasteiger partial charge in [-0.25, -0.2) is 4.79 Å². The molecule has 1 heterocycles. The van der Waals surface area contributed by atoms with Crippen LogP contribution in [0.3, 0.4) is 0 Å². The predicted octanol–water partition coefficient (Wildman–Crippen LogP) is 2.03. The summed E-state index contributed by atoms with van der Waals surface area (Å²) in [5, 5.41) is 13.3. The van der Waals surface area contributed by atoms with Crippen LogP contribution in [-0.2, 0) is 20.8 Å². The summed E-state index contributed by atoms with van der Waals surface area (Å²) in [5.41, 5.74) is 1.71. The van der Waals surface area contributed by atoms with Crippen molar-refractivity contribution in [3.8, 4) is 6.07 Å². The van der Waals surface area contributed by atoms with Crippen molar-refractivity contribution in [2.24, 2.45) is 0 Å². The average molecular weight is 311 g/mol. The molecule has 0 N–H and O–H groups in total. The summed E-state index contributed by atoms with van der Waals surface area (Å²) in [6, 6.07) is 11.7. The highest BCUT2D eigenvalue weighted by molar-refractivity contribution is 5.97. The molecule has 0 aliphatic rings. The molecule has 0 aliphatic carbocycles. The van der Waals surface area contributed by atoms with E-state index in [2.05, 4.69) is 5.10 Å². The number of rotatable bonds is 7. The summed E-state index contributed by atoms with van der Waals surface area (Å²) in [6.45, 7) is 1.02. The van der Waals surface area contributed by atoms with Crippen molar-refractivity contribution in [1.82, 2.24) is 9.78 Å². The Morgan fingerprint density at radius 3 is 2.83 bits per heavy atom. The van der Waals surface area contributed by atoms with Gasteiger partial charge < -0.3 is 9.47 Å². The smallest absolute Gasteiger partial charge is 0.348 e. The average Bonchev–Trinajstić information content (AvgIpc) is 3.00. The standard InChI is InChI=1S/C17H17N3O3/c1-22-7-8-23-17(21)16(10-18)9-15-11-19-20(13-15)12-14-5-3-2-4-6-14/h2-6,9,11,13H,7-8,12H2,1H3/b16-9-. The largest absolute Gasteiger partial charge is 0.459 e. The molecular formula is C17H17N3O3. The van der Waals surface area contributed by atoms with E-state index in [9.17, 15) is 4.79 Å². The third kappa shape index (κ3) is 5.09. The van der Waals surface area contributed by atoms with E-state index >= 15 is 0 Å². The van der Waals surface area contributed by atoms with Gasteiger partial charge in [-0.2, -0.15) is 10.4 Å². The minimum Gasteiger partial charge on any atom is -0.459 e. The molecule has 2 aromatic rings. The molecule has 0 unspecified atom stereocenters. The Morgan fingerprint density at radius 1 is 1.35 bits per heavy atom. The molecule has 0 amide bonds. The molecule has 0 fully saturated rings. The molecule has 23 heavy (non-hydrogen) atoms. The van der Waals surface area contributed by atoms with Crippen LogP contribution in [0.15, 0.2) is 48.3 Å². The van der Waals surface area contributed by atoms with Gasteiger partial charge in [0.2, 0.25) is 0 Å². The molecule has 0 spiro atoms.